The van der Waals surface area contributed by atoms with Crippen LogP contribution in [0.15, 0.2) is 55.0 Å². The monoisotopic (exact) mass is 521 g/mol. The zero-order chi connectivity index (χ0) is 25.4. The molecule has 0 saturated carbocycles. The number of ether oxygens (including phenoxy) is 2. The third kappa shape index (κ3) is 4.80. The van der Waals surface area contributed by atoms with Gasteiger partial charge in [0.25, 0.3) is 0 Å². The SMILES string of the molecule is COc1cc(N2C[C@H]3CN(CCO)C[C@@H](C2)O3)ccc1Nc1ncc(Cl)c(-c2cnc3ccccn23)n1. The lowest BCUT2D eigenvalue weighted by Crippen LogP contribution is -2.60. The van der Waals surface area contributed by atoms with Crippen LogP contribution in [0.2, 0.25) is 5.02 Å². The fourth-order valence-electron chi connectivity index (χ4n) is 5.13. The molecular weight excluding hydrogens is 494 g/mol. The molecule has 0 amide bonds. The van der Waals surface area contributed by atoms with Gasteiger partial charge in [-0.25, -0.2) is 15.0 Å². The number of halogens is 1. The first-order valence-electron chi connectivity index (χ1n) is 12.2. The molecule has 5 heterocycles. The fraction of sp³-hybridized carbons (Fsp3) is 0.346. The van der Waals surface area contributed by atoms with Crippen LogP contribution >= 0.6 is 11.6 Å². The van der Waals surface area contributed by atoms with Gasteiger partial charge in [-0.3, -0.25) is 9.30 Å². The molecule has 2 bridgehead atoms. The van der Waals surface area contributed by atoms with Crippen LogP contribution in [0, 0.1) is 0 Å². The Bertz CT molecular complexity index is 1400. The molecule has 2 N–H and O–H groups in total. The van der Waals surface area contributed by atoms with Gasteiger partial charge in [-0.15, -0.1) is 0 Å². The Labute approximate surface area is 219 Å². The maximum Gasteiger partial charge on any atom is 0.227 e. The number of aromatic nitrogens is 4. The summed E-state index contributed by atoms with van der Waals surface area (Å²) in [6.07, 6.45) is 5.49. The highest BCUT2D eigenvalue weighted by Crippen LogP contribution is 2.34. The molecule has 6 rings (SSSR count). The van der Waals surface area contributed by atoms with E-state index < -0.39 is 0 Å². The molecule has 0 aliphatic carbocycles. The van der Waals surface area contributed by atoms with Crippen LogP contribution in [0.5, 0.6) is 5.75 Å². The number of anilines is 3. The number of nitrogens with one attached hydrogen (secondary N) is 1. The van der Waals surface area contributed by atoms with Crippen molar-refractivity contribution in [2.75, 3.05) is 56.7 Å². The average Bonchev–Trinajstić information content (AvgIpc) is 3.33. The van der Waals surface area contributed by atoms with Crippen molar-refractivity contribution in [3.05, 3.63) is 60.0 Å². The standard InChI is InChI=1S/C26H28ClN7O3/c1-36-23-10-17(33-15-18-13-32(8-9-35)14-19(16-33)37-18)5-6-21(23)30-26-29-11-20(27)25(31-26)22-12-28-24-4-2-3-7-34(22)24/h2-7,10-12,18-19,35H,8-9,13-16H2,1H3,(H,29,30,31)/t18-,19+. The molecule has 3 aromatic heterocycles. The highest BCUT2D eigenvalue weighted by atomic mass is 35.5. The molecule has 2 atom stereocenters. The predicted octanol–water partition coefficient (Wildman–Crippen LogP) is 3.08. The van der Waals surface area contributed by atoms with Crippen LogP contribution in [0.1, 0.15) is 0 Å². The van der Waals surface area contributed by atoms with Crippen LogP contribution in [0.3, 0.4) is 0 Å². The summed E-state index contributed by atoms with van der Waals surface area (Å²) < 4.78 is 13.8. The molecule has 2 aliphatic rings. The number of hydrogen-bond donors (Lipinski definition) is 2. The van der Waals surface area contributed by atoms with Gasteiger partial charge in [0.05, 0.1) is 54.7 Å². The lowest BCUT2D eigenvalue weighted by Gasteiger charge is -2.46. The van der Waals surface area contributed by atoms with Gasteiger partial charge >= 0.3 is 0 Å². The summed E-state index contributed by atoms with van der Waals surface area (Å²) in [7, 11) is 1.65. The molecule has 37 heavy (non-hydrogen) atoms. The van der Waals surface area contributed by atoms with Gasteiger partial charge in [0, 0.05) is 50.7 Å². The molecule has 10 nitrogen and oxygen atoms in total. The Morgan fingerprint density at radius 2 is 1.95 bits per heavy atom. The highest BCUT2D eigenvalue weighted by Gasteiger charge is 2.35. The number of imidazole rings is 1. The Morgan fingerprint density at radius 1 is 1.11 bits per heavy atom. The van der Waals surface area contributed by atoms with E-state index >= 15 is 0 Å². The summed E-state index contributed by atoms with van der Waals surface area (Å²) in [6.45, 7) is 4.09. The van der Waals surface area contributed by atoms with Crippen molar-refractivity contribution in [2.24, 2.45) is 0 Å². The molecule has 1 aromatic carbocycles. The number of rotatable bonds is 7. The number of benzene rings is 1. The second-order valence-corrected chi connectivity index (χ2v) is 9.65. The van der Waals surface area contributed by atoms with E-state index in [0.29, 0.717) is 29.0 Å². The van der Waals surface area contributed by atoms with Crippen LogP contribution in [0.25, 0.3) is 17.0 Å². The lowest BCUT2D eigenvalue weighted by atomic mass is 10.1. The van der Waals surface area contributed by atoms with Crippen molar-refractivity contribution in [1.82, 2.24) is 24.3 Å². The van der Waals surface area contributed by atoms with Gasteiger partial charge < -0.3 is 24.8 Å². The summed E-state index contributed by atoms with van der Waals surface area (Å²) in [5, 5.41) is 13.0. The number of pyridine rings is 1. The number of β-amino-alcohol motifs (C(OH)–C–C–N with tert-alkyl or cyclic N) is 1. The average molecular weight is 522 g/mol. The van der Waals surface area contributed by atoms with Crippen LogP contribution in [0.4, 0.5) is 17.3 Å². The third-order valence-electron chi connectivity index (χ3n) is 6.77. The minimum absolute atomic E-state index is 0.114. The normalized spacial score (nSPS) is 19.8. The quantitative estimate of drug-likeness (QED) is 0.380. The lowest BCUT2D eigenvalue weighted by molar-refractivity contribution is -0.0961. The number of aliphatic hydroxyl groups excluding tert-OH is 1. The summed E-state index contributed by atoms with van der Waals surface area (Å²) in [5.41, 5.74) is 4.00. The molecule has 4 aromatic rings. The molecular formula is C26H28ClN7O3. The van der Waals surface area contributed by atoms with Crippen molar-refractivity contribution in [3.8, 4) is 17.1 Å². The van der Waals surface area contributed by atoms with Gasteiger partial charge in [0.15, 0.2) is 0 Å². The number of methoxy groups -OCH3 is 1. The van der Waals surface area contributed by atoms with Crippen LogP contribution in [-0.4, -0.2) is 88.0 Å². The van der Waals surface area contributed by atoms with Gasteiger partial charge in [-0.2, -0.15) is 0 Å². The van der Waals surface area contributed by atoms with E-state index in [4.69, 9.17) is 21.1 Å². The van der Waals surface area contributed by atoms with Crippen molar-refractivity contribution < 1.29 is 14.6 Å². The summed E-state index contributed by atoms with van der Waals surface area (Å²) in [6, 6.07) is 11.9. The maximum absolute atomic E-state index is 9.29. The van der Waals surface area contributed by atoms with Crippen molar-refractivity contribution in [2.45, 2.75) is 12.2 Å². The number of aliphatic hydroxyl groups is 1. The topological polar surface area (TPSA) is 100 Å². The van der Waals surface area contributed by atoms with E-state index in [-0.39, 0.29) is 18.8 Å². The van der Waals surface area contributed by atoms with E-state index in [1.54, 1.807) is 19.5 Å². The molecule has 2 fully saturated rings. The molecule has 0 unspecified atom stereocenters. The summed E-state index contributed by atoms with van der Waals surface area (Å²) in [5.74, 6) is 1.09. The number of hydrogen-bond acceptors (Lipinski definition) is 9. The first-order valence-corrected chi connectivity index (χ1v) is 12.6. The van der Waals surface area contributed by atoms with Crippen LogP contribution < -0.4 is 15.0 Å². The predicted molar refractivity (Wildman–Crippen MR) is 142 cm³/mol. The van der Waals surface area contributed by atoms with Crippen molar-refractivity contribution in [3.63, 3.8) is 0 Å². The summed E-state index contributed by atoms with van der Waals surface area (Å²) in [4.78, 5) is 18.1. The number of nitrogens with zero attached hydrogens (tertiary/aromatic N) is 6. The molecule has 2 saturated heterocycles. The van der Waals surface area contributed by atoms with E-state index in [9.17, 15) is 5.11 Å². The first kappa shape index (κ1) is 23.9. The van der Waals surface area contributed by atoms with Crippen molar-refractivity contribution in [1.29, 1.82) is 0 Å². The van der Waals surface area contributed by atoms with Gasteiger partial charge in [-0.05, 0) is 24.3 Å². The Hall–Kier alpha value is -3.44. The molecule has 192 valence electrons. The maximum atomic E-state index is 9.29. The number of morpholine rings is 2. The molecule has 0 radical (unpaired) electrons. The van der Waals surface area contributed by atoms with Crippen molar-refractivity contribution >= 4 is 34.6 Å². The minimum Gasteiger partial charge on any atom is -0.494 e. The Balaban J connectivity index is 1.23. The van der Waals surface area contributed by atoms with Gasteiger partial charge in [-0.1, -0.05) is 17.7 Å². The minimum atomic E-state index is 0.114. The smallest absolute Gasteiger partial charge is 0.227 e. The third-order valence-corrected chi connectivity index (χ3v) is 7.05. The Kier molecular flexibility index (Phi) is 6.56. The fourth-order valence-corrected chi connectivity index (χ4v) is 5.31. The molecule has 11 heteroatoms. The van der Waals surface area contributed by atoms with Crippen LogP contribution in [-0.2, 0) is 4.74 Å². The molecule has 2 aliphatic heterocycles. The van der Waals surface area contributed by atoms with E-state index in [2.05, 4.69) is 36.1 Å². The zero-order valence-electron chi connectivity index (χ0n) is 20.4. The highest BCUT2D eigenvalue weighted by molar-refractivity contribution is 6.32. The van der Waals surface area contributed by atoms with E-state index in [1.807, 2.05) is 40.9 Å². The first-order chi connectivity index (χ1) is 18.1. The largest absolute Gasteiger partial charge is 0.494 e. The zero-order valence-corrected chi connectivity index (χ0v) is 21.2. The Morgan fingerprint density at radius 3 is 2.73 bits per heavy atom. The van der Waals surface area contributed by atoms with Gasteiger partial charge in [0.1, 0.15) is 17.1 Å². The molecule has 0 spiro atoms. The second kappa shape index (κ2) is 10.1. The van der Waals surface area contributed by atoms with Gasteiger partial charge in [0.2, 0.25) is 5.95 Å². The summed E-state index contributed by atoms with van der Waals surface area (Å²) >= 11 is 6.47. The number of fused-ring (bicyclic) bond motifs is 3. The second-order valence-electron chi connectivity index (χ2n) is 9.24. The van der Waals surface area contributed by atoms with E-state index in [1.165, 1.54) is 0 Å². The van der Waals surface area contributed by atoms with E-state index in [0.717, 1.165) is 48.9 Å².